The average molecular weight is 316 g/mol. The number of benzene rings is 1. The first-order valence-electron chi connectivity index (χ1n) is 7.96. The van der Waals surface area contributed by atoms with Gasteiger partial charge in [-0.1, -0.05) is 30.3 Å². The summed E-state index contributed by atoms with van der Waals surface area (Å²) >= 11 is 0. The van der Waals surface area contributed by atoms with Crippen LogP contribution < -0.4 is 0 Å². The van der Waals surface area contributed by atoms with Gasteiger partial charge in [0, 0.05) is 12.8 Å². The third-order valence-corrected chi connectivity index (χ3v) is 5.26. The maximum Gasteiger partial charge on any atom is 0.339 e. The third kappa shape index (κ3) is 2.15. The van der Waals surface area contributed by atoms with Crippen molar-refractivity contribution >= 4 is 5.97 Å². The van der Waals surface area contributed by atoms with E-state index < -0.39 is 23.3 Å². The molecular formula is C18H20O5. The van der Waals surface area contributed by atoms with Crippen LogP contribution in [0.4, 0.5) is 0 Å². The van der Waals surface area contributed by atoms with Crippen LogP contribution >= 0.6 is 0 Å². The van der Waals surface area contributed by atoms with E-state index in [0.29, 0.717) is 26.1 Å². The summed E-state index contributed by atoms with van der Waals surface area (Å²) in [6, 6.07) is 7.95. The quantitative estimate of drug-likeness (QED) is 0.668. The second-order valence-electron chi connectivity index (χ2n) is 6.59. The summed E-state index contributed by atoms with van der Waals surface area (Å²) in [5.41, 5.74) is 0.515. The predicted octanol–water partition coefficient (Wildman–Crippen LogP) is 2.07. The number of carbonyl (C=O) groups excluding carboxylic acids is 1. The predicted molar refractivity (Wildman–Crippen MR) is 81.1 cm³/mol. The zero-order chi connectivity index (χ0) is 16.1. The molecule has 1 aliphatic carbocycles. The van der Waals surface area contributed by atoms with Crippen molar-refractivity contribution in [2.75, 3.05) is 0 Å². The molecule has 122 valence electrons. The van der Waals surface area contributed by atoms with Crippen molar-refractivity contribution in [1.29, 1.82) is 0 Å². The molecule has 2 heterocycles. The molecule has 0 amide bonds. The van der Waals surface area contributed by atoms with Crippen molar-refractivity contribution in [2.45, 2.75) is 50.0 Å². The SMILES string of the molecule is C=CC[C@@]1(O)C(=O)O[C@H]2C[C@@H]1C1(C2)OCc2ccccc2CO1. The normalized spacial score (nSPS) is 34.6. The van der Waals surface area contributed by atoms with Gasteiger partial charge in [0.15, 0.2) is 11.4 Å². The number of aliphatic hydroxyl groups is 1. The Hall–Kier alpha value is -1.69. The van der Waals surface area contributed by atoms with E-state index in [1.807, 2.05) is 24.3 Å². The summed E-state index contributed by atoms with van der Waals surface area (Å²) in [4.78, 5) is 12.3. The van der Waals surface area contributed by atoms with Crippen LogP contribution in [0.5, 0.6) is 0 Å². The highest BCUT2D eigenvalue weighted by Crippen LogP contribution is 2.53. The highest BCUT2D eigenvalue weighted by Gasteiger charge is 2.66. The average Bonchev–Trinajstić information content (AvgIpc) is 2.75. The lowest BCUT2D eigenvalue weighted by atomic mass is 9.79. The number of hydrogen-bond donors (Lipinski definition) is 1. The largest absolute Gasteiger partial charge is 0.460 e. The van der Waals surface area contributed by atoms with Gasteiger partial charge in [-0.25, -0.2) is 4.79 Å². The fourth-order valence-corrected chi connectivity index (χ4v) is 4.07. The van der Waals surface area contributed by atoms with Crippen LogP contribution in [0.2, 0.25) is 0 Å². The van der Waals surface area contributed by atoms with E-state index in [-0.39, 0.29) is 12.5 Å². The molecule has 1 saturated carbocycles. The Morgan fingerprint density at radius 2 is 1.91 bits per heavy atom. The van der Waals surface area contributed by atoms with Crippen molar-refractivity contribution in [3.05, 3.63) is 48.0 Å². The first kappa shape index (κ1) is 14.9. The third-order valence-electron chi connectivity index (χ3n) is 5.26. The number of fused-ring (bicyclic) bond motifs is 4. The monoisotopic (exact) mass is 316 g/mol. The Morgan fingerprint density at radius 1 is 1.26 bits per heavy atom. The lowest BCUT2D eigenvalue weighted by molar-refractivity contribution is -0.285. The standard InChI is InChI=1S/C18H20O5/c1-2-7-17(20)15-8-14(23-16(17)19)9-18(15)21-10-12-5-3-4-6-13(12)11-22-18/h2-6,14-15,20H,1,7-11H2/t14-,15-,17-/m0/s1. The maximum atomic E-state index is 12.3. The van der Waals surface area contributed by atoms with E-state index in [1.54, 1.807) is 6.08 Å². The van der Waals surface area contributed by atoms with E-state index in [4.69, 9.17) is 14.2 Å². The van der Waals surface area contributed by atoms with Gasteiger partial charge in [-0.3, -0.25) is 0 Å². The molecule has 4 rings (SSSR count). The molecule has 1 N–H and O–H groups in total. The maximum absolute atomic E-state index is 12.3. The molecule has 1 aromatic rings. The van der Waals surface area contributed by atoms with Crippen LogP contribution in [0.15, 0.2) is 36.9 Å². The van der Waals surface area contributed by atoms with Crippen LogP contribution in [0.1, 0.15) is 30.4 Å². The second kappa shape index (κ2) is 5.16. The van der Waals surface area contributed by atoms with Crippen molar-refractivity contribution in [3.8, 4) is 0 Å². The fourth-order valence-electron chi connectivity index (χ4n) is 4.07. The van der Waals surface area contributed by atoms with E-state index >= 15 is 0 Å². The number of ether oxygens (including phenoxy) is 3. The molecule has 5 heteroatoms. The Kier molecular flexibility index (Phi) is 3.34. The molecule has 0 radical (unpaired) electrons. The molecule has 1 aromatic carbocycles. The lowest BCUT2D eigenvalue weighted by Gasteiger charge is -2.41. The van der Waals surface area contributed by atoms with Gasteiger partial charge in [0.2, 0.25) is 0 Å². The van der Waals surface area contributed by atoms with Crippen molar-refractivity contribution in [3.63, 3.8) is 0 Å². The van der Waals surface area contributed by atoms with Crippen molar-refractivity contribution in [1.82, 2.24) is 0 Å². The lowest BCUT2D eigenvalue weighted by Crippen LogP contribution is -2.56. The van der Waals surface area contributed by atoms with Crippen LogP contribution in [-0.4, -0.2) is 28.6 Å². The van der Waals surface area contributed by atoms with Gasteiger partial charge in [0.05, 0.1) is 19.1 Å². The van der Waals surface area contributed by atoms with Crippen LogP contribution in [0.3, 0.4) is 0 Å². The van der Waals surface area contributed by atoms with Crippen molar-refractivity contribution in [2.24, 2.45) is 5.92 Å². The van der Waals surface area contributed by atoms with E-state index in [1.165, 1.54) is 0 Å². The minimum Gasteiger partial charge on any atom is -0.460 e. The summed E-state index contributed by atoms with van der Waals surface area (Å²) in [5.74, 6) is -2.04. The van der Waals surface area contributed by atoms with Gasteiger partial charge in [0.1, 0.15) is 6.10 Å². The Labute approximate surface area is 134 Å². The molecule has 0 unspecified atom stereocenters. The summed E-state index contributed by atoms with van der Waals surface area (Å²) in [7, 11) is 0. The van der Waals surface area contributed by atoms with E-state index in [0.717, 1.165) is 11.1 Å². The minimum absolute atomic E-state index is 0.130. The molecule has 3 atom stereocenters. The topological polar surface area (TPSA) is 65.0 Å². The first-order valence-corrected chi connectivity index (χ1v) is 7.96. The number of carbonyl (C=O) groups is 1. The molecule has 2 fully saturated rings. The van der Waals surface area contributed by atoms with Crippen molar-refractivity contribution < 1.29 is 24.1 Å². The highest BCUT2D eigenvalue weighted by molar-refractivity contribution is 5.81. The summed E-state index contributed by atoms with van der Waals surface area (Å²) in [6.45, 7) is 4.45. The van der Waals surface area contributed by atoms with Gasteiger partial charge >= 0.3 is 5.97 Å². The van der Waals surface area contributed by atoms with Gasteiger partial charge in [-0.15, -0.1) is 6.58 Å². The zero-order valence-corrected chi connectivity index (χ0v) is 12.9. The molecule has 23 heavy (non-hydrogen) atoms. The highest BCUT2D eigenvalue weighted by atomic mass is 16.7. The molecule has 1 spiro atoms. The fraction of sp³-hybridized carbons (Fsp3) is 0.500. The number of rotatable bonds is 2. The Bertz CT molecular complexity index is 628. The Morgan fingerprint density at radius 3 is 2.52 bits per heavy atom. The van der Waals surface area contributed by atoms with Gasteiger partial charge in [-0.05, 0) is 17.5 Å². The van der Waals surface area contributed by atoms with Gasteiger partial charge < -0.3 is 19.3 Å². The van der Waals surface area contributed by atoms with E-state index in [9.17, 15) is 9.90 Å². The summed E-state index contributed by atoms with van der Waals surface area (Å²) in [5, 5.41) is 10.9. The molecular weight excluding hydrogens is 296 g/mol. The number of hydrogen-bond acceptors (Lipinski definition) is 5. The second-order valence-corrected chi connectivity index (χ2v) is 6.59. The molecule has 1 saturated heterocycles. The first-order chi connectivity index (χ1) is 11.1. The number of esters is 1. The van der Waals surface area contributed by atoms with Crippen LogP contribution in [0.25, 0.3) is 0 Å². The minimum atomic E-state index is -1.63. The van der Waals surface area contributed by atoms with Crippen LogP contribution in [0, 0.1) is 5.92 Å². The smallest absolute Gasteiger partial charge is 0.339 e. The Balaban J connectivity index is 1.69. The summed E-state index contributed by atoms with van der Waals surface area (Å²) in [6.07, 6.45) is 2.41. The molecule has 2 aliphatic heterocycles. The molecule has 0 aromatic heterocycles. The van der Waals surface area contributed by atoms with E-state index in [2.05, 4.69) is 6.58 Å². The summed E-state index contributed by atoms with van der Waals surface area (Å²) < 4.78 is 17.7. The van der Waals surface area contributed by atoms with Gasteiger partial charge in [0.25, 0.3) is 0 Å². The molecule has 5 nitrogen and oxygen atoms in total. The molecule has 2 bridgehead atoms. The van der Waals surface area contributed by atoms with Gasteiger partial charge in [-0.2, -0.15) is 0 Å². The molecule has 3 aliphatic rings. The zero-order valence-electron chi connectivity index (χ0n) is 12.9. The van der Waals surface area contributed by atoms with Crippen LogP contribution in [-0.2, 0) is 32.2 Å².